The predicted molar refractivity (Wildman–Crippen MR) is 155 cm³/mol. The minimum absolute atomic E-state index is 0. The number of halogens is 3. The molecular weight excluding hydrogens is 561 g/mol. The van der Waals surface area contributed by atoms with Gasteiger partial charge in [0.15, 0.2) is 11.5 Å². The maximum Gasteiger partial charge on any atom is 0.319 e. The van der Waals surface area contributed by atoms with Gasteiger partial charge in [-0.1, -0.05) is 43.1 Å². The third-order valence-corrected chi connectivity index (χ3v) is 8.57. The molecule has 2 N–H and O–H groups in total. The third-order valence-electron chi connectivity index (χ3n) is 7.83. The van der Waals surface area contributed by atoms with Crippen LogP contribution in [0.4, 0.5) is 10.5 Å². The second-order valence-corrected chi connectivity index (χ2v) is 11.4. The predicted octanol–water partition coefficient (Wildman–Crippen LogP) is 3.66. The van der Waals surface area contributed by atoms with E-state index in [1.165, 1.54) is 5.56 Å². The Balaban J connectivity index is 0.00000533. The van der Waals surface area contributed by atoms with Gasteiger partial charge in [0, 0.05) is 12.1 Å². The summed E-state index contributed by atoms with van der Waals surface area (Å²) in [5.41, 5.74) is 1.81. The van der Waals surface area contributed by atoms with Crippen LogP contribution in [-0.2, 0) is 6.42 Å². The van der Waals surface area contributed by atoms with Crippen LogP contribution in [0.3, 0.4) is 0 Å². The summed E-state index contributed by atoms with van der Waals surface area (Å²) in [6.07, 6.45) is 3.32. The molecule has 0 aromatic heterocycles. The van der Waals surface area contributed by atoms with Gasteiger partial charge in [-0.25, -0.2) is 4.79 Å². The number of likely N-dealkylation sites (tertiary alicyclic amines) is 1. The van der Waals surface area contributed by atoms with Gasteiger partial charge < -0.3 is 41.7 Å². The Morgan fingerprint density at radius 3 is 2.10 bits per heavy atom. The molecule has 0 aliphatic carbocycles. The van der Waals surface area contributed by atoms with Gasteiger partial charge in [0.05, 0.1) is 69.3 Å². The number of benzene rings is 2. The Kier molecular flexibility index (Phi) is 12.8. The summed E-state index contributed by atoms with van der Waals surface area (Å²) in [5, 5.41) is 7.40. The molecule has 7 nitrogen and oxygen atoms in total. The lowest BCUT2D eigenvalue weighted by Crippen LogP contribution is -3.00. The van der Waals surface area contributed by atoms with E-state index < -0.39 is 0 Å². The number of nitrogens with zero attached hydrogens (tertiary/aromatic N) is 1. The Hall–Kier alpha value is -2.06. The smallest absolute Gasteiger partial charge is 0.319 e. The monoisotopic (exact) mass is 601 g/mol. The first-order chi connectivity index (χ1) is 18.1. The van der Waals surface area contributed by atoms with Crippen molar-refractivity contribution < 1.29 is 35.9 Å². The second-order valence-electron chi connectivity index (χ2n) is 10.5. The number of hydrogen-bond acceptors (Lipinski definition) is 4. The van der Waals surface area contributed by atoms with Gasteiger partial charge in [0.25, 0.3) is 0 Å². The molecule has 0 radical (unpaired) electrons. The highest BCUT2D eigenvalue weighted by Crippen LogP contribution is 2.40. The number of anilines is 1. The van der Waals surface area contributed by atoms with Crippen molar-refractivity contribution in [3.05, 3.63) is 45.9 Å². The number of ether oxygens (including phenoxy) is 3. The molecule has 1 aliphatic heterocycles. The third kappa shape index (κ3) is 8.71. The number of nitrogens with one attached hydrogen (secondary N) is 2. The standard InChI is InChI=1S/C29H41Cl2N3O4.ClH/c1-7-34(12-10-20(11-13-34)14-21-8-9-23(30)24(31)15-21)18-25(19(2)3)33-29(35)32-22-16-26(36-4)28(38-6)27(17-22)37-5;/h8-9,15-17,19-20,25H,7,10-14,18H2,1-6H3,(H-,32,33,35);1H. The molecule has 3 rings (SSSR count). The van der Waals surface area contributed by atoms with E-state index in [4.69, 9.17) is 37.4 Å². The molecule has 0 saturated carbocycles. The number of rotatable bonds is 11. The van der Waals surface area contributed by atoms with Crippen LogP contribution in [0.2, 0.25) is 10.0 Å². The fourth-order valence-electron chi connectivity index (χ4n) is 5.33. The first-order valence-electron chi connectivity index (χ1n) is 13.3. The summed E-state index contributed by atoms with van der Waals surface area (Å²) < 4.78 is 17.2. The number of quaternary nitrogens is 1. The van der Waals surface area contributed by atoms with Gasteiger partial charge in [-0.2, -0.15) is 0 Å². The highest BCUT2D eigenvalue weighted by molar-refractivity contribution is 6.42. The summed E-state index contributed by atoms with van der Waals surface area (Å²) in [6.45, 7) is 10.7. The SMILES string of the molecule is CC[N+]1(CC(NC(=O)Nc2cc(OC)c(OC)c(OC)c2)C(C)C)CCC(Cc2ccc(Cl)c(Cl)c2)CC1.[Cl-]. The molecule has 1 saturated heterocycles. The number of carbonyl (C=O) groups excluding carboxylic acids is 1. The van der Waals surface area contributed by atoms with Crippen molar-refractivity contribution in [1.29, 1.82) is 0 Å². The summed E-state index contributed by atoms with van der Waals surface area (Å²) in [6, 6.07) is 9.19. The summed E-state index contributed by atoms with van der Waals surface area (Å²) >= 11 is 12.3. The molecular formula is C29H42Cl3N3O4. The number of carbonyl (C=O) groups is 1. The number of amides is 2. The lowest BCUT2D eigenvalue weighted by Gasteiger charge is -2.45. The largest absolute Gasteiger partial charge is 1.00 e. The summed E-state index contributed by atoms with van der Waals surface area (Å²) in [5.74, 6) is 2.37. The van der Waals surface area contributed by atoms with Crippen molar-refractivity contribution in [3.63, 3.8) is 0 Å². The van der Waals surface area contributed by atoms with E-state index >= 15 is 0 Å². The first kappa shape index (κ1) is 33.1. The molecule has 2 aromatic rings. The lowest BCUT2D eigenvalue weighted by atomic mass is 9.88. The maximum absolute atomic E-state index is 13.1. The minimum atomic E-state index is -0.248. The van der Waals surface area contributed by atoms with Crippen molar-refractivity contribution in [3.8, 4) is 17.2 Å². The number of likely N-dealkylation sites (N-methyl/N-ethyl adjacent to an activating group) is 1. The van der Waals surface area contributed by atoms with Crippen molar-refractivity contribution in [1.82, 2.24) is 5.32 Å². The molecule has 2 amide bonds. The van der Waals surface area contributed by atoms with Crippen LogP contribution in [-0.4, -0.2) is 64.1 Å². The Morgan fingerprint density at radius 2 is 1.62 bits per heavy atom. The molecule has 1 unspecified atom stereocenters. The van der Waals surface area contributed by atoms with E-state index in [1.54, 1.807) is 33.5 Å². The summed E-state index contributed by atoms with van der Waals surface area (Å²) in [7, 11) is 4.66. The number of piperidine rings is 1. The topological polar surface area (TPSA) is 68.8 Å². The van der Waals surface area contributed by atoms with Crippen LogP contribution in [0.5, 0.6) is 17.2 Å². The summed E-state index contributed by atoms with van der Waals surface area (Å²) in [4.78, 5) is 13.1. The highest BCUT2D eigenvalue weighted by Gasteiger charge is 2.36. The number of hydrogen-bond donors (Lipinski definition) is 2. The number of methoxy groups -OCH3 is 3. The van der Waals surface area contributed by atoms with Crippen LogP contribution in [0.15, 0.2) is 30.3 Å². The fraction of sp³-hybridized carbons (Fsp3) is 0.552. The van der Waals surface area contributed by atoms with Crippen molar-refractivity contribution in [2.24, 2.45) is 11.8 Å². The zero-order chi connectivity index (χ0) is 27.9. The highest BCUT2D eigenvalue weighted by atomic mass is 35.5. The molecule has 39 heavy (non-hydrogen) atoms. The van der Waals surface area contributed by atoms with Gasteiger partial charge in [-0.3, -0.25) is 0 Å². The van der Waals surface area contributed by atoms with Crippen molar-refractivity contribution in [2.45, 2.75) is 46.1 Å². The molecule has 0 spiro atoms. The average molecular weight is 603 g/mol. The van der Waals surface area contributed by atoms with E-state index in [9.17, 15) is 4.79 Å². The van der Waals surface area contributed by atoms with Crippen LogP contribution in [0, 0.1) is 11.8 Å². The van der Waals surface area contributed by atoms with E-state index in [-0.39, 0.29) is 30.4 Å². The zero-order valence-corrected chi connectivity index (χ0v) is 26.1. The van der Waals surface area contributed by atoms with E-state index in [0.29, 0.717) is 38.9 Å². The Bertz CT molecular complexity index is 1070. The normalized spacial score (nSPS) is 19.6. The van der Waals surface area contributed by atoms with Crippen LogP contribution in [0.1, 0.15) is 39.2 Å². The van der Waals surface area contributed by atoms with Crippen molar-refractivity contribution >= 4 is 34.9 Å². The first-order valence-corrected chi connectivity index (χ1v) is 14.1. The molecule has 10 heteroatoms. The van der Waals surface area contributed by atoms with E-state index in [2.05, 4.69) is 37.5 Å². The number of urea groups is 1. The van der Waals surface area contributed by atoms with Gasteiger partial charge >= 0.3 is 6.03 Å². The molecule has 1 atom stereocenters. The average Bonchev–Trinajstić information content (AvgIpc) is 2.90. The minimum Gasteiger partial charge on any atom is -1.00 e. The molecule has 2 aromatic carbocycles. The lowest BCUT2D eigenvalue weighted by molar-refractivity contribution is -0.933. The quantitative estimate of drug-likeness (QED) is 0.386. The zero-order valence-electron chi connectivity index (χ0n) is 23.8. The molecule has 1 fully saturated rings. The Morgan fingerprint density at radius 1 is 1.00 bits per heavy atom. The molecule has 218 valence electrons. The Labute approximate surface area is 249 Å². The fourth-order valence-corrected chi connectivity index (χ4v) is 5.65. The van der Waals surface area contributed by atoms with Gasteiger partial charge in [0.2, 0.25) is 5.75 Å². The van der Waals surface area contributed by atoms with Gasteiger partial charge in [-0.15, -0.1) is 0 Å². The van der Waals surface area contributed by atoms with Gasteiger partial charge in [-0.05, 0) is 55.7 Å². The second kappa shape index (κ2) is 15.1. The molecule has 1 aliphatic rings. The maximum atomic E-state index is 13.1. The molecule has 0 bridgehead atoms. The van der Waals surface area contributed by atoms with E-state index in [1.807, 2.05) is 12.1 Å². The van der Waals surface area contributed by atoms with Crippen molar-refractivity contribution in [2.75, 3.05) is 52.8 Å². The van der Waals surface area contributed by atoms with Crippen LogP contribution < -0.4 is 37.3 Å². The van der Waals surface area contributed by atoms with Gasteiger partial charge in [0.1, 0.15) is 0 Å². The molecule has 1 heterocycles. The van der Waals surface area contributed by atoms with E-state index in [0.717, 1.165) is 49.9 Å². The van der Waals surface area contributed by atoms with Crippen LogP contribution >= 0.6 is 23.2 Å². The van der Waals surface area contributed by atoms with Crippen LogP contribution in [0.25, 0.3) is 0 Å².